The van der Waals surface area contributed by atoms with E-state index in [1.165, 1.54) is 0 Å². The first-order chi connectivity index (χ1) is 16.5. The number of aromatic nitrogens is 2. The quantitative estimate of drug-likeness (QED) is 0.606. The Morgan fingerprint density at radius 3 is 2.50 bits per heavy atom. The fourth-order valence-corrected chi connectivity index (χ4v) is 4.60. The van der Waals surface area contributed by atoms with Gasteiger partial charge in [0.15, 0.2) is 0 Å². The monoisotopic (exact) mass is 457 g/mol. The number of nitrogens with zero attached hydrogens (tertiary/aromatic N) is 4. The number of benzene rings is 2. The maximum atomic E-state index is 13.7. The number of hydrogen-bond acceptors (Lipinski definition) is 6. The summed E-state index contributed by atoms with van der Waals surface area (Å²) in [6, 6.07) is 16.8. The van der Waals surface area contributed by atoms with E-state index in [2.05, 4.69) is 16.3 Å². The molecule has 1 saturated heterocycles. The molecule has 0 aliphatic carbocycles. The van der Waals surface area contributed by atoms with Crippen LogP contribution in [0.4, 0.5) is 5.95 Å². The summed E-state index contributed by atoms with van der Waals surface area (Å²) in [6.07, 6.45) is 3.44. The Kier molecular flexibility index (Phi) is 7.29. The van der Waals surface area contributed by atoms with Crippen LogP contribution >= 0.6 is 0 Å². The van der Waals surface area contributed by atoms with Gasteiger partial charge >= 0.3 is 0 Å². The van der Waals surface area contributed by atoms with Crippen LogP contribution in [0.3, 0.4) is 0 Å². The van der Waals surface area contributed by atoms with Crippen molar-refractivity contribution >= 4 is 5.95 Å². The van der Waals surface area contributed by atoms with Gasteiger partial charge in [0.2, 0.25) is 5.95 Å². The van der Waals surface area contributed by atoms with Gasteiger partial charge in [-0.05, 0) is 68.1 Å². The second-order valence-electron chi connectivity index (χ2n) is 8.84. The van der Waals surface area contributed by atoms with Crippen molar-refractivity contribution in [3.8, 4) is 34.2 Å². The minimum absolute atomic E-state index is 0.107. The van der Waals surface area contributed by atoms with Crippen molar-refractivity contribution < 1.29 is 4.74 Å². The number of hydrogen-bond donors (Lipinski definition) is 1. The van der Waals surface area contributed by atoms with Gasteiger partial charge < -0.3 is 15.0 Å². The number of methoxy groups -OCH3 is 1. The first-order valence-corrected chi connectivity index (χ1v) is 11.7. The number of ether oxygens (including phenoxy) is 1. The zero-order valence-corrected chi connectivity index (χ0v) is 20.0. The molecule has 1 unspecified atom stereocenters. The van der Waals surface area contributed by atoms with E-state index in [0.29, 0.717) is 28.7 Å². The van der Waals surface area contributed by atoms with E-state index < -0.39 is 0 Å². The van der Waals surface area contributed by atoms with Crippen LogP contribution < -0.4 is 20.5 Å². The predicted molar refractivity (Wildman–Crippen MR) is 135 cm³/mol. The van der Waals surface area contributed by atoms with Gasteiger partial charge in [0.05, 0.1) is 30.0 Å². The molecule has 1 atom stereocenters. The third kappa shape index (κ3) is 4.97. The Hall–Kier alpha value is -3.63. The molecule has 3 aromatic rings. The van der Waals surface area contributed by atoms with E-state index in [9.17, 15) is 10.1 Å². The molecule has 1 aliphatic heterocycles. The molecular formula is C27H31N5O2. The molecule has 176 valence electrons. The molecule has 2 aromatic carbocycles. The van der Waals surface area contributed by atoms with E-state index >= 15 is 0 Å². The van der Waals surface area contributed by atoms with Crippen LogP contribution in [0, 0.1) is 17.2 Å². The third-order valence-electron chi connectivity index (χ3n) is 6.50. The summed E-state index contributed by atoms with van der Waals surface area (Å²) in [5, 5.41) is 12.7. The number of rotatable bonds is 6. The highest BCUT2D eigenvalue weighted by atomic mass is 16.5. The molecule has 34 heavy (non-hydrogen) atoms. The second kappa shape index (κ2) is 10.5. The van der Waals surface area contributed by atoms with Crippen LogP contribution in [-0.4, -0.2) is 43.3 Å². The smallest absolute Gasteiger partial charge is 0.263 e. The molecule has 7 heteroatoms. The van der Waals surface area contributed by atoms with Crippen molar-refractivity contribution in [3.63, 3.8) is 0 Å². The summed E-state index contributed by atoms with van der Waals surface area (Å²) in [6.45, 7) is 2.94. The molecule has 2 heterocycles. The fraction of sp³-hybridized carbons (Fsp3) is 0.370. The lowest BCUT2D eigenvalue weighted by Gasteiger charge is -2.26. The molecule has 4 rings (SSSR count). The van der Waals surface area contributed by atoms with Gasteiger partial charge in [0, 0.05) is 26.2 Å². The topological polar surface area (TPSA) is 83.2 Å². The maximum absolute atomic E-state index is 13.7. The van der Waals surface area contributed by atoms with Crippen molar-refractivity contribution in [2.24, 2.45) is 13.0 Å². The Morgan fingerprint density at radius 2 is 1.82 bits per heavy atom. The van der Waals surface area contributed by atoms with Crippen molar-refractivity contribution in [1.29, 1.82) is 5.26 Å². The van der Waals surface area contributed by atoms with Crippen LogP contribution in [0.2, 0.25) is 0 Å². The van der Waals surface area contributed by atoms with Gasteiger partial charge in [-0.1, -0.05) is 24.3 Å². The van der Waals surface area contributed by atoms with Gasteiger partial charge in [-0.25, -0.2) is 4.98 Å². The van der Waals surface area contributed by atoms with Gasteiger partial charge in [-0.2, -0.15) is 5.26 Å². The molecule has 7 nitrogen and oxygen atoms in total. The Bertz CT molecular complexity index is 1220. The minimum atomic E-state index is -0.107. The molecule has 1 fully saturated rings. The van der Waals surface area contributed by atoms with Crippen molar-refractivity contribution in [2.45, 2.75) is 19.3 Å². The average molecular weight is 458 g/mol. The molecule has 0 bridgehead atoms. The molecule has 1 N–H and O–H groups in total. The minimum Gasteiger partial charge on any atom is -0.497 e. The highest BCUT2D eigenvalue weighted by molar-refractivity contribution is 5.81. The number of nitrogens with one attached hydrogen (secondary N) is 1. The van der Waals surface area contributed by atoms with Crippen LogP contribution in [0.25, 0.3) is 22.4 Å². The van der Waals surface area contributed by atoms with Crippen molar-refractivity contribution in [1.82, 2.24) is 14.9 Å². The highest BCUT2D eigenvalue weighted by Crippen LogP contribution is 2.31. The van der Waals surface area contributed by atoms with Crippen LogP contribution in [0.15, 0.2) is 53.3 Å². The summed E-state index contributed by atoms with van der Waals surface area (Å²) >= 11 is 0. The lowest BCUT2D eigenvalue weighted by atomic mass is 9.99. The van der Waals surface area contributed by atoms with E-state index in [1.54, 1.807) is 30.9 Å². The fourth-order valence-electron chi connectivity index (χ4n) is 4.60. The molecule has 0 spiro atoms. The molecule has 0 amide bonds. The maximum Gasteiger partial charge on any atom is 0.263 e. The zero-order valence-electron chi connectivity index (χ0n) is 20.0. The van der Waals surface area contributed by atoms with E-state index in [4.69, 9.17) is 9.72 Å². The lowest BCUT2D eigenvalue weighted by Crippen LogP contribution is -2.33. The van der Waals surface area contributed by atoms with Crippen LogP contribution in [0.1, 0.15) is 24.8 Å². The largest absolute Gasteiger partial charge is 0.497 e. The molecular weight excluding hydrogens is 426 g/mol. The lowest BCUT2D eigenvalue weighted by molar-refractivity contribution is 0.415. The van der Waals surface area contributed by atoms with Gasteiger partial charge in [-0.15, -0.1) is 0 Å². The summed E-state index contributed by atoms with van der Waals surface area (Å²) in [5.41, 5.74) is 3.18. The first-order valence-electron chi connectivity index (χ1n) is 11.7. The molecule has 1 aliphatic rings. The van der Waals surface area contributed by atoms with E-state index in [1.807, 2.05) is 43.4 Å². The standard InChI is InChI=1S/C27H31N5O2/c1-31(18-20-5-4-15-29-16-14-20)27-30-25(22-8-6-19(17-28)7-9-22)24(26(33)32(27)2)21-10-12-23(34-3)13-11-21/h6-13,20,29H,4-5,14-16,18H2,1-3H3. The Balaban J connectivity index is 1.81. The van der Waals surface area contributed by atoms with Gasteiger partial charge in [0.25, 0.3) is 5.56 Å². The predicted octanol–water partition coefficient (Wildman–Crippen LogP) is 3.82. The van der Waals surface area contributed by atoms with E-state index in [0.717, 1.165) is 55.8 Å². The highest BCUT2D eigenvalue weighted by Gasteiger charge is 2.22. The molecule has 0 saturated carbocycles. The molecule has 0 radical (unpaired) electrons. The van der Waals surface area contributed by atoms with Crippen molar-refractivity contribution in [2.75, 3.05) is 38.7 Å². The Labute approximate surface area is 200 Å². The first kappa shape index (κ1) is 23.5. The van der Waals surface area contributed by atoms with Crippen LogP contribution in [0.5, 0.6) is 5.75 Å². The third-order valence-corrected chi connectivity index (χ3v) is 6.50. The summed E-state index contributed by atoms with van der Waals surface area (Å²) in [7, 11) is 5.41. The summed E-state index contributed by atoms with van der Waals surface area (Å²) < 4.78 is 6.93. The Morgan fingerprint density at radius 1 is 1.12 bits per heavy atom. The average Bonchev–Trinajstić information content (AvgIpc) is 3.14. The normalized spacial score (nSPS) is 15.9. The summed E-state index contributed by atoms with van der Waals surface area (Å²) in [4.78, 5) is 20.8. The van der Waals surface area contributed by atoms with Crippen molar-refractivity contribution in [3.05, 3.63) is 64.4 Å². The SMILES string of the molecule is COc1ccc(-c2c(-c3ccc(C#N)cc3)nc(N(C)CC3CCCNCC3)n(C)c2=O)cc1. The number of nitriles is 1. The second-order valence-corrected chi connectivity index (χ2v) is 8.84. The zero-order chi connectivity index (χ0) is 24.1. The van der Waals surface area contributed by atoms with Gasteiger partial charge in [0.1, 0.15) is 5.75 Å². The molecule has 1 aromatic heterocycles. The van der Waals surface area contributed by atoms with Crippen LogP contribution in [-0.2, 0) is 7.05 Å². The summed E-state index contributed by atoms with van der Waals surface area (Å²) in [5.74, 6) is 1.91. The van der Waals surface area contributed by atoms with Gasteiger partial charge in [-0.3, -0.25) is 9.36 Å². The van der Waals surface area contributed by atoms with E-state index in [-0.39, 0.29) is 5.56 Å². The number of anilines is 1.